The Bertz CT molecular complexity index is 337. The molecule has 1 heteroatoms. The monoisotopic (exact) mass is 231 g/mol. The molecular weight excluding hydrogens is 206 g/mol. The van der Waals surface area contributed by atoms with Gasteiger partial charge in [-0.05, 0) is 56.8 Å². The molecule has 1 nitrogen and oxygen atoms in total. The van der Waals surface area contributed by atoms with E-state index in [1.54, 1.807) is 0 Å². The molecule has 0 saturated heterocycles. The zero-order valence-electron chi connectivity index (χ0n) is 11.7. The number of aliphatic imine (C=N–C) groups is 1. The molecule has 0 aromatic rings. The summed E-state index contributed by atoms with van der Waals surface area (Å²) >= 11 is 0. The number of unbranched alkanes of at least 4 members (excludes halogenated alkanes) is 2. The van der Waals surface area contributed by atoms with Gasteiger partial charge in [-0.3, -0.25) is 4.99 Å². The summed E-state index contributed by atoms with van der Waals surface area (Å²) in [6.07, 6.45) is 11.5. The first-order valence-electron chi connectivity index (χ1n) is 6.29. The van der Waals surface area contributed by atoms with E-state index in [9.17, 15) is 0 Å². The molecule has 0 saturated carbocycles. The van der Waals surface area contributed by atoms with Gasteiger partial charge in [0.25, 0.3) is 0 Å². The molecular formula is C16H25N. The van der Waals surface area contributed by atoms with Gasteiger partial charge in [-0.25, -0.2) is 0 Å². The molecule has 0 aliphatic rings. The van der Waals surface area contributed by atoms with Crippen molar-refractivity contribution in [2.24, 2.45) is 10.9 Å². The summed E-state index contributed by atoms with van der Waals surface area (Å²) in [5.41, 5.74) is 5.36. The molecule has 0 fully saturated rings. The Balaban J connectivity index is 3.81. The third kappa shape index (κ3) is 12.6. The second-order valence-corrected chi connectivity index (χ2v) is 4.65. The van der Waals surface area contributed by atoms with Gasteiger partial charge in [0.2, 0.25) is 0 Å². The van der Waals surface area contributed by atoms with E-state index in [1.165, 1.54) is 5.57 Å². The van der Waals surface area contributed by atoms with Crippen molar-refractivity contribution >= 4 is 6.21 Å². The molecule has 0 atom stereocenters. The minimum Gasteiger partial charge on any atom is -0.267 e. The van der Waals surface area contributed by atoms with Gasteiger partial charge in [-0.15, -0.1) is 5.73 Å². The maximum atomic E-state index is 4.13. The molecule has 94 valence electrons. The second kappa shape index (κ2) is 9.86. The maximum Gasteiger partial charge on any atom is 0.0297 e. The Labute approximate surface area is 106 Å². The Kier molecular flexibility index (Phi) is 9.09. The van der Waals surface area contributed by atoms with Crippen molar-refractivity contribution in [1.82, 2.24) is 0 Å². The number of hydrogen-bond donors (Lipinski definition) is 0. The highest BCUT2D eigenvalue weighted by atomic mass is 14.7. The quantitative estimate of drug-likeness (QED) is 0.251. The second-order valence-electron chi connectivity index (χ2n) is 4.65. The SMILES string of the molecule is C=C(C)N=CCCCC=C=C/C(C)=C/C(C)C. The first-order valence-corrected chi connectivity index (χ1v) is 6.29. The van der Waals surface area contributed by atoms with Crippen LogP contribution in [0.25, 0.3) is 0 Å². The highest BCUT2D eigenvalue weighted by Crippen LogP contribution is 2.02. The third-order valence-electron chi connectivity index (χ3n) is 2.02. The zero-order chi connectivity index (χ0) is 13.1. The van der Waals surface area contributed by atoms with Crippen molar-refractivity contribution in [3.05, 3.63) is 41.8 Å². The van der Waals surface area contributed by atoms with E-state index >= 15 is 0 Å². The van der Waals surface area contributed by atoms with Crippen molar-refractivity contribution in [1.29, 1.82) is 0 Å². The summed E-state index contributed by atoms with van der Waals surface area (Å²) in [7, 11) is 0. The number of rotatable bonds is 7. The fraction of sp³-hybridized carbons (Fsp3) is 0.500. The van der Waals surface area contributed by atoms with Gasteiger partial charge in [-0.1, -0.05) is 26.5 Å². The first-order chi connectivity index (χ1) is 8.02. The molecule has 0 heterocycles. The van der Waals surface area contributed by atoms with Crippen LogP contribution in [-0.4, -0.2) is 6.21 Å². The van der Waals surface area contributed by atoms with Gasteiger partial charge in [0.1, 0.15) is 0 Å². The van der Waals surface area contributed by atoms with E-state index in [-0.39, 0.29) is 0 Å². The van der Waals surface area contributed by atoms with Crippen LogP contribution in [-0.2, 0) is 0 Å². The van der Waals surface area contributed by atoms with Crippen LogP contribution in [0.2, 0.25) is 0 Å². The Hall–Kier alpha value is -1.33. The predicted octanol–water partition coefficient (Wildman–Crippen LogP) is 5.07. The van der Waals surface area contributed by atoms with E-state index in [0.717, 1.165) is 25.0 Å². The lowest BCUT2D eigenvalue weighted by Gasteiger charge is -1.94. The molecule has 0 N–H and O–H groups in total. The van der Waals surface area contributed by atoms with E-state index in [1.807, 2.05) is 19.2 Å². The lowest BCUT2D eigenvalue weighted by molar-refractivity contribution is 0.825. The van der Waals surface area contributed by atoms with Gasteiger partial charge in [0.05, 0.1) is 0 Å². The van der Waals surface area contributed by atoms with Crippen molar-refractivity contribution in [2.75, 3.05) is 0 Å². The molecule has 0 aromatic heterocycles. The van der Waals surface area contributed by atoms with Crippen LogP contribution >= 0.6 is 0 Å². The Morgan fingerprint density at radius 1 is 1.29 bits per heavy atom. The maximum absolute atomic E-state index is 4.13. The predicted molar refractivity (Wildman–Crippen MR) is 78.4 cm³/mol. The fourth-order valence-corrected chi connectivity index (χ4v) is 1.38. The average molecular weight is 231 g/mol. The summed E-state index contributed by atoms with van der Waals surface area (Å²) in [5.74, 6) is 0.603. The van der Waals surface area contributed by atoms with Crippen LogP contribution in [0.4, 0.5) is 0 Å². The molecule has 0 bridgehead atoms. The van der Waals surface area contributed by atoms with Crippen LogP contribution < -0.4 is 0 Å². The molecule has 17 heavy (non-hydrogen) atoms. The molecule has 0 radical (unpaired) electrons. The molecule has 0 rings (SSSR count). The minimum atomic E-state index is 0.603. The minimum absolute atomic E-state index is 0.603. The largest absolute Gasteiger partial charge is 0.267 e. The number of hydrogen-bond acceptors (Lipinski definition) is 1. The van der Waals surface area contributed by atoms with Gasteiger partial charge < -0.3 is 0 Å². The van der Waals surface area contributed by atoms with Gasteiger partial charge in [0, 0.05) is 11.9 Å². The standard InChI is InChI=1S/C16H25N/c1-14(2)13-16(5)11-9-7-6-8-10-12-17-15(3)4/h7,11-14H,3,6,8,10H2,1-2,4-5H3/b16-13+,17-12?. The van der Waals surface area contributed by atoms with Crippen LogP contribution in [0.15, 0.2) is 46.8 Å². The Morgan fingerprint density at radius 2 is 2.00 bits per heavy atom. The summed E-state index contributed by atoms with van der Waals surface area (Å²) < 4.78 is 0. The molecule has 0 amide bonds. The normalized spacial score (nSPS) is 11.7. The summed E-state index contributed by atoms with van der Waals surface area (Å²) in [5, 5.41) is 0. The van der Waals surface area contributed by atoms with Gasteiger partial charge in [0.15, 0.2) is 0 Å². The fourth-order valence-electron chi connectivity index (χ4n) is 1.38. The molecule has 0 unspecified atom stereocenters. The number of allylic oxidation sites excluding steroid dienone is 4. The number of nitrogens with zero attached hydrogens (tertiary/aromatic N) is 1. The first kappa shape index (κ1) is 15.7. The third-order valence-corrected chi connectivity index (χ3v) is 2.02. The summed E-state index contributed by atoms with van der Waals surface area (Å²) in [4.78, 5) is 4.13. The molecule has 0 aliphatic heterocycles. The lowest BCUT2D eigenvalue weighted by atomic mass is 10.1. The van der Waals surface area contributed by atoms with E-state index in [2.05, 4.69) is 50.2 Å². The summed E-state index contributed by atoms with van der Waals surface area (Å²) in [6.45, 7) is 12.1. The van der Waals surface area contributed by atoms with E-state index in [4.69, 9.17) is 0 Å². The van der Waals surface area contributed by atoms with Crippen LogP contribution in [0, 0.1) is 5.92 Å². The van der Waals surface area contributed by atoms with Crippen molar-refractivity contribution in [2.45, 2.75) is 47.0 Å². The van der Waals surface area contributed by atoms with Gasteiger partial charge >= 0.3 is 0 Å². The van der Waals surface area contributed by atoms with Crippen LogP contribution in [0.3, 0.4) is 0 Å². The van der Waals surface area contributed by atoms with Crippen molar-refractivity contribution in [3.63, 3.8) is 0 Å². The highest BCUT2D eigenvalue weighted by molar-refractivity contribution is 5.58. The van der Waals surface area contributed by atoms with Crippen LogP contribution in [0.5, 0.6) is 0 Å². The zero-order valence-corrected chi connectivity index (χ0v) is 11.7. The lowest BCUT2D eigenvalue weighted by Crippen LogP contribution is -1.79. The average Bonchev–Trinajstić information content (AvgIpc) is 2.20. The molecule has 0 aliphatic carbocycles. The van der Waals surface area contributed by atoms with Crippen molar-refractivity contribution < 1.29 is 0 Å². The van der Waals surface area contributed by atoms with Crippen LogP contribution in [0.1, 0.15) is 47.0 Å². The summed E-state index contributed by atoms with van der Waals surface area (Å²) in [6, 6.07) is 0. The van der Waals surface area contributed by atoms with Gasteiger partial charge in [-0.2, -0.15) is 0 Å². The smallest absolute Gasteiger partial charge is 0.0297 e. The molecule has 0 aromatic carbocycles. The Morgan fingerprint density at radius 3 is 2.59 bits per heavy atom. The molecule has 0 spiro atoms. The topological polar surface area (TPSA) is 12.4 Å². The van der Waals surface area contributed by atoms with Crippen molar-refractivity contribution in [3.8, 4) is 0 Å². The highest BCUT2D eigenvalue weighted by Gasteiger charge is 1.86. The van der Waals surface area contributed by atoms with E-state index in [0.29, 0.717) is 5.92 Å². The van der Waals surface area contributed by atoms with E-state index < -0.39 is 0 Å².